The third-order valence-electron chi connectivity index (χ3n) is 1.11. The van der Waals surface area contributed by atoms with Crippen LogP contribution in [0.3, 0.4) is 0 Å². The van der Waals surface area contributed by atoms with Crippen molar-refractivity contribution in [3.8, 4) is 5.75 Å². The lowest BCUT2D eigenvalue weighted by atomic mass is 10.4. The van der Waals surface area contributed by atoms with Gasteiger partial charge < -0.3 is 4.74 Å². The summed E-state index contributed by atoms with van der Waals surface area (Å²) < 4.78 is 5.37. The third-order valence-corrected chi connectivity index (χ3v) is 1.50. The van der Waals surface area contributed by atoms with Gasteiger partial charge in [-0.05, 0) is 13.8 Å². The van der Waals surface area contributed by atoms with Crippen molar-refractivity contribution in [2.45, 2.75) is 20.0 Å². The summed E-state index contributed by atoms with van der Waals surface area (Å²) in [6.45, 7) is 3.87. The molecule has 0 N–H and O–H groups in total. The fourth-order valence-electron chi connectivity index (χ4n) is 0.783. The summed E-state index contributed by atoms with van der Waals surface area (Å²) in [5.41, 5.74) is 0. The molecule has 0 unspecified atom stereocenters. The lowest BCUT2D eigenvalue weighted by molar-refractivity contribution is 0.242. The van der Waals surface area contributed by atoms with Crippen molar-refractivity contribution in [3.63, 3.8) is 0 Å². The van der Waals surface area contributed by atoms with Crippen LogP contribution in [0.1, 0.15) is 13.8 Å². The van der Waals surface area contributed by atoms with Gasteiger partial charge in [0.05, 0.1) is 6.10 Å². The van der Waals surface area contributed by atoms with Gasteiger partial charge in [0, 0.05) is 12.1 Å². The number of aromatic nitrogens is 1. The second-order valence-electron chi connectivity index (χ2n) is 2.61. The smallest absolute Gasteiger partial charge is 0.134 e. The maximum absolute atomic E-state index is 5.66. The minimum Gasteiger partial charge on any atom is -0.491 e. The molecular weight excluding hydrogens is 197 g/mol. The zero-order valence-electron chi connectivity index (χ0n) is 6.84. The molecule has 4 heteroatoms. The highest BCUT2D eigenvalue weighted by molar-refractivity contribution is 6.32. The molecule has 0 bridgehead atoms. The highest BCUT2D eigenvalue weighted by Gasteiger charge is 2.01. The van der Waals surface area contributed by atoms with Gasteiger partial charge in [-0.3, -0.25) is 0 Å². The predicted molar refractivity (Wildman–Crippen MR) is 50.0 cm³/mol. The summed E-state index contributed by atoms with van der Waals surface area (Å²) in [5.74, 6) is 0.648. The Morgan fingerprint density at radius 2 is 1.75 bits per heavy atom. The molecule has 1 heterocycles. The summed E-state index contributed by atoms with van der Waals surface area (Å²) in [6, 6.07) is 3.26. The molecule has 1 rings (SSSR count). The Bertz CT molecular complexity index is 256. The lowest BCUT2D eigenvalue weighted by Crippen LogP contribution is -2.05. The summed E-state index contributed by atoms with van der Waals surface area (Å²) in [5, 5.41) is 0.691. The standard InChI is InChI=1S/C8H9Cl2NO/c1-5(2)12-6-3-7(9)11-8(10)4-6/h3-5H,1-2H3. The molecule has 1 aromatic heterocycles. The summed E-state index contributed by atoms with van der Waals surface area (Å²) in [4.78, 5) is 3.79. The molecule has 66 valence electrons. The fourth-order valence-corrected chi connectivity index (χ4v) is 1.22. The Kier molecular flexibility index (Phi) is 3.18. The molecule has 1 aromatic rings. The first-order chi connectivity index (χ1) is 5.58. The number of rotatable bonds is 2. The van der Waals surface area contributed by atoms with E-state index < -0.39 is 0 Å². The van der Waals surface area contributed by atoms with Crippen LogP contribution >= 0.6 is 23.2 Å². The number of ether oxygens (including phenoxy) is 1. The predicted octanol–water partition coefficient (Wildman–Crippen LogP) is 3.18. The van der Waals surface area contributed by atoms with Gasteiger partial charge in [0.2, 0.25) is 0 Å². The van der Waals surface area contributed by atoms with Gasteiger partial charge in [0.1, 0.15) is 16.1 Å². The van der Waals surface area contributed by atoms with Crippen LogP contribution in [0, 0.1) is 0 Å². The highest BCUT2D eigenvalue weighted by Crippen LogP contribution is 2.21. The molecule has 0 saturated carbocycles. The number of halogens is 2. The lowest BCUT2D eigenvalue weighted by Gasteiger charge is -2.09. The summed E-state index contributed by atoms with van der Waals surface area (Å²) in [6.07, 6.45) is 0.111. The molecule has 0 spiro atoms. The van der Waals surface area contributed by atoms with Crippen molar-refractivity contribution in [1.29, 1.82) is 0 Å². The van der Waals surface area contributed by atoms with Crippen LogP contribution in [0.15, 0.2) is 12.1 Å². The van der Waals surface area contributed by atoms with Gasteiger partial charge in [-0.1, -0.05) is 23.2 Å². The van der Waals surface area contributed by atoms with Crippen molar-refractivity contribution in [2.75, 3.05) is 0 Å². The zero-order valence-corrected chi connectivity index (χ0v) is 8.36. The minimum atomic E-state index is 0.111. The Hall–Kier alpha value is -0.470. The highest BCUT2D eigenvalue weighted by atomic mass is 35.5. The van der Waals surface area contributed by atoms with Crippen LogP contribution in [0.2, 0.25) is 10.3 Å². The van der Waals surface area contributed by atoms with Crippen molar-refractivity contribution < 1.29 is 4.74 Å². The first-order valence-electron chi connectivity index (χ1n) is 3.57. The van der Waals surface area contributed by atoms with E-state index >= 15 is 0 Å². The average Bonchev–Trinajstić information content (AvgIpc) is 1.81. The molecule has 0 amide bonds. The quantitative estimate of drug-likeness (QED) is 0.693. The number of pyridine rings is 1. The zero-order chi connectivity index (χ0) is 9.14. The topological polar surface area (TPSA) is 22.1 Å². The van der Waals surface area contributed by atoms with Gasteiger partial charge in [-0.25, -0.2) is 4.98 Å². The molecule has 0 aliphatic heterocycles. The van der Waals surface area contributed by atoms with Crippen LogP contribution in [0.25, 0.3) is 0 Å². The van der Waals surface area contributed by atoms with Gasteiger partial charge in [-0.15, -0.1) is 0 Å². The van der Waals surface area contributed by atoms with Crippen LogP contribution in [-0.4, -0.2) is 11.1 Å². The van der Waals surface area contributed by atoms with E-state index in [2.05, 4.69) is 4.98 Å². The van der Waals surface area contributed by atoms with Crippen molar-refractivity contribution >= 4 is 23.2 Å². The van der Waals surface area contributed by atoms with E-state index in [4.69, 9.17) is 27.9 Å². The molecule has 12 heavy (non-hydrogen) atoms. The van der Waals surface area contributed by atoms with Gasteiger partial charge in [0.15, 0.2) is 0 Å². The molecule has 0 fully saturated rings. The number of nitrogens with zero attached hydrogens (tertiary/aromatic N) is 1. The second-order valence-corrected chi connectivity index (χ2v) is 3.39. The first kappa shape index (κ1) is 9.62. The molecule has 0 aliphatic rings. The molecule has 0 aromatic carbocycles. The molecule has 0 aliphatic carbocycles. The summed E-state index contributed by atoms with van der Waals surface area (Å²) >= 11 is 11.3. The van der Waals surface area contributed by atoms with E-state index in [9.17, 15) is 0 Å². The fraction of sp³-hybridized carbons (Fsp3) is 0.375. The van der Waals surface area contributed by atoms with Crippen LogP contribution in [0.4, 0.5) is 0 Å². The van der Waals surface area contributed by atoms with E-state index in [1.54, 1.807) is 12.1 Å². The van der Waals surface area contributed by atoms with Crippen molar-refractivity contribution in [3.05, 3.63) is 22.4 Å². The Morgan fingerprint density at radius 3 is 2.17 bits per heavy atom. The van der Waals surface area contributed by atoms with Crippen molar-refractivity contribution in [1.82, 2.24) is 4.98 Å². The van der Waals surface area contributed by atoms with E-state index in [0.29, 0.717) is 16.1 Å². The van der Waals surface area contributed by atoms with E-state index in [0.717, 1.165) is 0 Å². The van der Waals surface area contributed by atoms with E-state index in [1.807, 2.05) is 13.8 Å². The molecular formula is C8H9Cl2NO. The van der Waals surface area contributed by atoms with Gasteiger partial charge in [0.25, 0.3) is 0 Å². The Balaban J connectivity index is 2.85. The molecule has 2 nitrogen and oxygen atoms in total. The van der Waals surface area contributed by atoms with Crippen LogP contribution < -0.4 is 4.74 Å². The Morgan fingerprint density at radius 1 is 1.25 bits per heavy atom. The van der Waals surface area contributed by atoms with E-state index in [1.165, 1.54) is 0 Å². The van der Waals surface area contributed by atoms with Crippen LogP contribution in [-0.2, 0) is 0 Å². The third kappa shape index (κ3) is 2.88. The maximum Gasteiger partial charge on any atom is 0.134 e. The van der Waals surface area contributed by atoms with Gasteiger partial charge >= 0.3 is 0 Å². The second kappa shape index (κ2) is 3.97. The first-order valence-corrected chi connectivity index (χ1v) is 4.33. The normalized spacial score (nSPS) is 10.4. The number of hydrogen-bond acceptors (Lipinski definition) is 2. The SMILES string of the molecule is CC(C)Oc1cc(Cl)nc(Cl)c1. The maximum atomic E-state index is 5.66. The molecule has 0 saturated heterocycles. The average molecular weight is 206 g/mol. The van der Waals surface area contributed by atoms with Crippen molar-refractivity contribution in [2.24, 2.45) is 0 Å². The largest absolute Gasteiger partial charge is 0.491 e. The van der Waals surface area contributed by atoms with Crippen LogP contribution in [0.5, 0.6) is 5.75 Å². The monoisotopic (exact) mass is 205 g/mol. The Labute approximate surface area is 81.5 Å². The molecule has 0 atom stereocenters. The summed E-state index contributed by atoms with van der Waals surface area (Å²) in [7, 11) is 0. The minimum absolute atomic E-state index is 0.111. The number of hydrogen-bond donors (Lipinski definition) is 0. The molecule has 0 radical (unpaired) electrons. The van der Waals surface area contributed by atoms with Gasteiger partial charge in [-0.2, -0.15) is 0 Å². The van der Waals surface area contributed by atoms with E-state index in [-0.39, 0.29) is 6.10 Å².